The molecular formula is C13H10N2S. The first kappa shape index (κ1) is 9.36. The summed E-state index contributed by atoms with van der Waals surface area (Å²) in [5.74, 6) is 0. The van der Waals surface area contributed by atoms with Gasteiger partial charge in [-0.1, -0.05) is 24.3 Å². The van der Waals surface area contributed by atoms with Crippen molar-refractivity contribution in [3.63, 3.8) is 0 Å². The van der Waals surface area contributed by atoms with E-state index >= 15 is 0 Å². The largest absolute Gasteiger partial charge is 0.354 e. The molecule has 0 unspecified atom stereocenters. The van der Waals surface area contributed by atoms with E-state index in [0.717, 1.165) is 16.9 Å². The summed E-state index contributed by atoms with van der Waals surface area (Å²) in [4.78, 5) is 4.30. The Kier molecular flexibility index (Phi) is 2.31. The molecule has 1 aromatic heterocycles. The Balaban J connectivity index is 2.04. The molecule has 1 heterocycles. The summed E-state index contributed by atoms with van der Waals surface area (Å²) in [7, 11) is 0. The molecule has 0 radical (unpaired) electrons. The van der Waals surface area contributed by atoms with Crippen molar-refractivity contribution in [3.8, 4) is 0 Å². The zero-order valence-corrected chi connectivity index (χ0v) is 9.37. The SMILES string of the molecule is c1ccc(Nc2cccc3ncsc23)cc1. The molecule has 78 valence electrons. The minimum absolute atomic E-state index is 1.05. The maximum atomic E-state index is 4.30. The van der Waals surface area contributed by atoms with Crippen molar-refractivity contribution in [3.05, 3.63) is 54.0 Å². The van der Waals surface area contributed by atoms with Crippen molar-refractivity contribution in [1.29, 1.82) is 0 Å². The summed E-state index contributed by atoms with van der Waals surface area (Å²) in [6.45, 7) is 0. The Hall–Kier alpha value is -1.87. The van der Waals surface area contributed by atoms with E-state index in [9.17, 15) is 0 Å². The summed E-state index contributed by atoms with van der Waals surface area (Å²) in [6, 6.07) is 16.3. The molecule has 1 N–H and O–H groups in total. The number of nitrogens with zero attached hydrogens (tertiary/aromatic N) is 1. The van der Waals surface area contributed by atoms with Gasteiger partial charge in [0.2, 0.25) is 0 Å². The first-order valence-corrected chi connectivity index (χ1v) is 5.96. The minimum Gasteiger partial charge on any atom is -0.354 e. The monoisotopic (exact) mass is 226 g/mol. The van der Waals surface area contributed by atoms with Crippen molar-refractivity contribution in [2.75, 3.05) is 5.32 Å². The van der Waals surface area contributed by atoms with E-state index in [0.29, 0.717) is 0 Å². The lowest BCUT2D eigenvalue weighted by atomic mass is 10.2. The Morgan fingerprint density at radius 3 is 2.69 bits per heavy atom. The maximum absolute atomic E-state index is 4.30. The zero-order valence-electron chi connectivity index (χ0n) is 8.55. The Morgan fingerprint density at radius 2 is 1.81 bits per heavy atom. The highest BCUT2D eigenvalue weighted by Crippen LogP contribution is 2.28. The van der Waals surface area contributed by atoms with Crippen LogP contribution in [-0.4, -0.2) is 4.98 Å². The number of thiazole rings is 1. The van der Waals surface area contributed by atoms with Crippen LogP contribution >= 0.6 is 11.3 Å². The third-order valence-corrected chi connectivity index (χ3v) is 3.28. The van der Waals surface area contributed by atoms with Gasteiger partial charge in [-0.25, -0.2) is 4.98 Å². The third kappa shape index (κ3) is 1.66. The fourth-order valence-corrected chi connectivity index (χ4v) is 2.42. The molecule has 3 heteroatoms. The number of rotatable bonds is 2. The van der Waals surface area contributed by atoms with Crippen LogP contribution in [0.4, 0.5) is 11.4 Å². The number of fused-ring (bicyclic) bond motifs is 1. The van der Waals surface area contributed by atoms with E-state index in [1.165, 1.54) is 4.70 Å². The summed E-state index contributed by atoms with van der Waals surface area (Å²) >= 11 is 1.66. The lowest BCUT2D eigenvalue weighted by Gasteiger charge is -2.06. The smallest absolute Gasteiger partial charge is 0.0833 e. The molecule has 2 aromatic carbocycles. The lowest BCUT2D eigenvalue weighted by Crippen LogP contribution is -1.89. The molecule has 2 nitrogen and oxygen atoms in total. The van der Waals surface area contributed by atoms with Crippen LogP contribution in [0.3, 0.4) is 0 Å². The average Bonchev–Trinajstić information content (AvgIpc) is 2.80. The quantitative estimate of drug-likeness (QED) is 0.713. The summed E-state index contributed by atoms with van der Waals surface area (Å²) in [5, 5.41) is 3.40. The molecule has 0 fully saturated rings. The topological polar surface area (TPSA) is 24.9 Å². The van der Waals surface area contributed by atoms with E-state index in [1.54, 1.807) is 11.3 Å². The van der Waals surface area contributed by atoms with Gasteiger partial charge in [0.1, 0.15) is 0 Å². The van der Waals surface area contributed by atoms with E-state index in [1.807, 2.05) is 35.8 Å². The minimum atomic E-state index is 1.05. The normalized spacial score (nSPS) is 10.5. The van der Waals surface area contributed by atoms with Gasteiger partial charge < -0.3 is 5.32 Å². The highest BCUT2D eigenvalue weighted by molar-refractivity contribution is 7.17. The van der Waals surface area contributed by atoms with Gasteiger partial charge in [0.05, 0.1) is 21.4 Å². The van der Waals surface area contributed by atoms with Crippen molar-refractivity contribution in [2.24, 2.45) is 0 Å². The van der Waals surface area contributed by atoms with Gasteiger partial charge >= 0.3 is 0 Å². The Bertz CT molecular complexity index is 601. The molecule has 3 rings (SSSR count). The van der Waals surface area contributed by atoms with Crippen LogP contribution < -0.4 is 5.32 Å². The van der Waals surface area contributed by atoms with Crippen molar-refractivity contribution in [2.45, 2.75) is 0 Å². The number of hydrogen-bond donors (Lipinski definition) is 1. The van der Waals surface area contributed by atoms with Crippen LogP contribution in [0.25, 0.3) is 10.2 Å². The molecule has 0 saturated heterocycles. The summed E-state index contributed by atoms with van der Waals surface area (Å²) in [6.07, 6.45) is 0. The Morgan fingerprint density at radius 1 is 0.938 bits per heavy atom. The van der Waals surface area contributed by atoms with Gasteiger partial charge in [0.25, 0.3) is 0 Å². The predicted octanol–water partition coefficient (Wildman–Crippen LogP) is 4.04. The van der Waals surface area contributed by atoms with Gasteiger partial charge in [-0.2, -0.15) is 0 Å². The van der Waals surface area contributed by atoms with E-state index in [-0.39, 0.29) is 0 Å². The van der Waals surface area contributed by atoms with Crippen molar-refractivity contribution in [1.82, 2.24) is 4.98 Å². The zero-order chi connectivity index (χ0) is 10.8. The fourth-order valence-electron chi connectivity index (χ4n) is 1.66. The molecule has 0 aliphatic carbocycles. The molecule has 0 amide bonds. The van der Waals surface area contributed by atoms with Crippen LogP contribution in [0.1, 0.15) is 0 Å². The van der Waals surface area contributed by atoms with Crippen molar-refractivity contribution < 1.29 is 0 Å². The van der Waals surface area contributed by atoms with Crippen LogP contribution in [0.2, 0.25) is 0 Å². The first-order chi connectivity index (χ1) is 7.93. The standard InChI is InChI=1S/C13H10N2S/c1-2-5-10(6-3-1)15-12-8-4-7-11-13(12)16-9-14-11/h1-9,15H. The molecule has 0 atom stereocenters. The molecule has 0 bridgehead atoms. The van der Waals surface area contributed by atoms with Crippen LogP contribution in [-0.2, 0) is 0 Å². The second-order valence-corrected chi connectivity index (χ2v) is 4.35. The molecule has 0 aliphatic rings. The number of aromatic nitrogens is 1. The van der Waals surface area contributed by atoms with E-state index in [2.05, 4.69) is 28.5 Å². The third-order valence-electron chi connectivity index (χ3n) is 2.41. The average molecular weight is 226 g/mol. The number of para-hydroxylation sites is 1. The second kappa shape index (κ2) is 3.94. The molecule has 0 saturated carbocycles. The fraction of sp³-hybridized carbons (Fsp3) is 0. The second-order valence-electron chi connectivity index (χ2n) is 3.50. The van der Waals surface area contributed by atoms with E-state index in [4.69, 9.17) is 0 Å². The number of nitrogens with one attached hydrogen (secondary N) is 1. The Labute approximate surface area is 97.6 Å². The lowest BCUT2D eigenvalue weighted by molar-refractivity contribution is 1.49. The first-order valence-electron chi connectivity index (χ1n) is 5.08. The predicted molar refractivity (Wildman–Crippen MR) is 69.3 cm³/mol. The highest BCUT2D eigenvalue weighted by Gasteiger charge is 2.02. The summed E-state index contributed by atoms with van der Waals surface area (Å²) < 4.78 is 1.20. The van der Waals surface area contributed by atoms with Crippen LogP contribution in [0, 0.1) is 0 Å². The van der Waals surface area contributed by atoms with Crippen LogP contribution in [0.5, 0.6) is 0 Å². The van der Waals surface area contributed by atoms with Crippen molar-refractivity contribution >= 4 is 32.9 Å². The number of hydrogen-bond acceptors (Lipinski definition) is 3. The van der Waals surface area contributed by atoms with Gasteiger partial charge in [-0.05, 0) is 24.3 Å². The van der Waals surface area contributed by atoms with E-state index < -0.39 is 0 Å². The van der Waals surface area contributed by atoms with Crippen LogP contribution in [0.15, 0.2) is 54.0 Å². The molecule has 16 heavy (non-hydrogen) atoms. The highest BCUT2D eigenvalue weighted by atomic mass is 32.1. The van der Waals surface area contributed by atoms with Gasteiger partial charge in [0.15, 0.2) is 0 Å². The molecular weight excluding hydrogens is 216 g/mol. The summed E-state index contributed by atoms with van der Waals surface area (Å²) in [5.41, 5.74) is 5.14. The van der Waals surface area contributed by atoms with Gasteiger partial charge in [-0.3, -0.25) is 0 Å². The van der Waals surface area contributed by atoms with Gasteiger partial charge in [-0.15, -0.1) is 11.3 Å². The van der Waals surface area contributed by atoms with Gasteiger partial charge in [0, 0.05) is 5.69 Å². The maximum Gasteiger partial charge on any atom is 0.0833 e. The molecule has 0 spiro atoms. The molecule has 3 aromatic rings. The number of anilines is 2. The molecule has 0 aliphatic heterocycles. The number of benzene rings is 2.